The van der Waals surface area contributed by atoms with Crippen molar-refractivity contribution in [2.45, 2.75) is 514 Å². The van der Waals surface area contributed by atoms with E-state index in [1.165, 1.54) is 513 Å². The minimum Gasteiger partial charge on any atom is -0.0654 e. The van der Waals surface area contributed by atoms with Crippen molar-refractivity contribution < 1.29 is 0 Å². The van der Waals surface area contributed by atoms with Crippen LogP contribution >= 0.6 is 0 Å². The predicted molar refractivity (Wildman–Crippen MR) is 396 cm³/mol. The van der Waals surface area contributed by atoms with Crippen LogP contribution < -0.4 is 0 Å². The molecule has 0 radical (unpaired) electrons. The molecular formula is C86H166. The lowest BCUT2D eigenvalue weighted by molar-refractivity contribution is 0.505. The average molecular weight is 1200 g/mol. The van der Waals surface area contributed by atoms with Gasteiger partial charge in [0.25, 0.3) is 0 Å². The molecule has 0 spiro atoms. The van der Waals surface area contributed by atoms with Gasteiger partial charge in [0.05, 0.1) is 0 Å². The number of hydrogen-bond acceptors (Lipinski definition) is 0. The number of aryl methyl sites for hydroxylation is 1. The summed E-state index contributed by atoms with van der Waals surface area (Å²) in [5, 5.41) is 0. The molecule has 1 aromatic carbocycles. The number of hydrogen-bond donors (Lipinski definition) is 0. The zero-order chi connectivity index (χ0) is 61.0. The molecule has 0 saturated heterocycles. The van der Waals surface area contributed by atoms with Gasteiger partial charge < -0.3 is 0 Å². The Kier molecular flexibility index (Phi) is 75.9. The lowest BCUT2D eigenvalue weighted by atomic mass is 10.0. The highest BCUT2D eigenvalue weighted by Crippen LogP contribution is 2.22. The first-order chi connectivity index (χ1) is 42.9. The quantitative estimate of drug-likeness (QED) is 0.0570. The summed E-state index contributed by atoms with van der Waals surface area (Å²) >= 11 is 0. The smallest absolute Gasteiger partial charge is 0.0279 e. The molecular weight excluding hydrogens is 1030 g/mol. The zero-order valence-corrected chi connectivity index (χ0v) is 60.2. The van der Waals surface area contributed by atoms with Gasteiger partial charge in [-0.25, -0.2) is 0 Å². The molecule has 0 heteroatoms. The molecule has 0 atom stereocenters. The fraction of sp³-hybridized carbons (Fsp3) is 0.930. The molecule has 1 rings (SSSR count). The molecule has 0 fully saturated rings. The summed E-state index contributed by atoms with van der Waals surface area (Å²) in [5.74, 6) is 0. The van der Waals surface area contributed by atoms with Gasteiger partial charge in [0.1, 0.15) is 0 Å². The molecule has 510 valence electrons. The second-order valence-corrected chi connectivity index (χ2v) is 29.5. The van der Waals surface area contributed by atoms with E-state index in [-0.39, 0.29) is 0 Å². The topological polar surface area (TPSA) is 0 Å². The molecule has 0 aliphatic rings. The van der Waals surface area contributed by atoms with Gasteiger partial charge in [-0.15, -0.1) is 0 Å². The number of rotatable bonds is 79. The lowest BCUT2D eigenvalue weighted by Gasteiger charge is -2.05. The van der Waals surface area contributed by atoms with Crippen LogP contribution in [0.25, 0.3) is 0 Å². The van der Waals surface area contributed by atoms with Crippen molar-refractivity contribution in [3.05, 3.63) is 35.9 Å². The summed E-state index contributed by atoms with van der Waals surface area (Å²) in [6.45, 7) is 2.32. The van der Waals surface area contributed by atoms with Crippen LogP contribution in [0.3, 0.4) is 0 Å². The van der Waals surface area contributed by atoms with Crippen molar-refractivity contribution in [2.75, 3.05) is 0 Å². The van der Waals surface area contributed by atoms with Crippen LogP contribution in [0.2, 0.25) is 0 Å². The first kappa shape index (κ1) is 83.2. The highest BCUT2D eigenvalue weighted by Gasteiger charge is 2.02. The first-order valence-electron chi connectivity index (χ1n) is 42.0. The monoisotopic (exact) mass is 1200 g/mol. The zero-order valence-electron chi connectivity index (χ0n) is 60.2. The Morgan fingerprint density at radius 1 is 0.128 bits per heavy atom. The average Bonchev–Trinajstić information content (AvgIpc) is 3.53. The van der Waals surface area contributed by atoms with Gasteiger partial charge in [0, 0.05) is 0 Å². The van der Waals surface area contributed by atoms with E-state index in [0.29, 0.717) is 0 Å². The van der Waals surface area contributed by atoms with E-state index >= 15 is 0 Å². The highest BCUT2D eigenvalue weighted by atomic mass is 14.1. The summed E-state index contributed by atoms with van der Waals surface area (Å²) in [5.41, 5.74) is 1.51. The van der Waals surface area contributed by atoms with Crippen LogP contribution in [0.4, 0.5) is 0 Å². The van der Waals surface area contributed by atoms with Gasteiger partial charge in [0.2, 0.25) is 0 Å². The second kappa shape index (κ2) is 78.5. The molecule has 0 amide bonds. The molecule has 0 aliphatic heterocycles. The second-order valence-electron chi connectivity index (χ2n) is 29.5. The van der Waals surface area contributed by atoms with Gasteiger partial charge in [-0.2, -0.15) is 0 Å². The fourth-order valence-corrected chi connectivity index (χ4v) is 14.5. The van der Waals surface area contributed by atoms with Crippen molar-refractivity contribution in [1.29, 1.82) is 0 Å². The SMILES string of the molecule is CCCCCCCCCCCCCCCCCCCCCCCCCCCCCCCCCCCCCCCCCCCCCCCCCCCCCCCCCCCCCCCCCCCCCCCCCCCCCCCCc1ccccc1. The molecule has 0 heterocycles. The number of benzene rings is 1. The molecule has 1 aromatic rings. The van der Waals surface area contributed by atoms with E-state index in [0.717, 1.165) is 0 Å². The van der Waals surface area contributed by atoms with Crippen LogP contribution in [-0.2, 0) is 6.42 Å². The minimum absolute atomic E-state index is 1.26. The van der Waals surface area contributed by atoms with E-state index in [4.69, 9.17) is 0 Å². The summed E-state index contributed by atoms with van der Waals surface area (Å²) in [7, 11) is 0. The van der Waals surface area contributed by atoms with Gasteiger partial charge in [-0.05, 0) is 18.4 Å². The van der Waals surface area contributed by atoms with Crippen molar-refractivity contribution in [1.82, 2.24) is 0 Å². The van der Waals surface area contributed by atoms with E-state index in [1.807, 2.05) is 0 Å². The maximum absolute atomic E-state index is 2.32. The molecule has 0 nitrogen and oxygen atoms in total. The van der Waals surface area contributed by atoms with Crippen molar-refractivity contribution >= 4 is 0 Å². The van der Waals surface area contributed by atoms with E-state index in [1.54, 1.807) is 0 Å². The Morgan fingerprint density at radius 2 is 0.233 bits per heavy atom. The molecule has 0 saturated carbocycles. The van der Waals surface area contributed by atoms with Gasteiger partial charge in [-0.3, -0.25) is 0 Å². The number of unbranched alkanes of at least 4 members (excludes halogenated alkanes) is 77. The fourth-order valence-electron chi connectivity index (χ4n) is 14.5. The Bertz CT molecular complexity index is 1260. The normalized spacial score (nSPS) is 11.7. The van der Waals surface area contributed by atoms with E-state index in [2.05, 4.69) is 37.3 Å². The molecule has 0 N–H and O–H groups in total. The Balaban J connectivity index is 1.58. The molecule has 0 unspecified atom stereocenters. The maximum atomic E-state index is 2.32. The minimum atomic E-state index is 1.26. The Labute approximate surface area is 547 Å². The van der Waals surface area contributed by atoms with Crippen LogP contribution in [-0.4, -0.2) is 0 Å². The van der Waals surface area contributed by atoms with Crippen LogP contribution in [0.5, 0.6) is 0 Å². The summed E-state index contributed by atoms with van der Waals surface area (Å²) in [6, 6.07) is 11.0. The van der Waals surface area contributed by atoms with Crippen LogP contribution in [0.15, 0.2) is 30.3 Å². The third-order valence-electron chi connectivity index (χ3n) is 20.7. The Morgan fingerprint density at radius 3 is 0.349 bits per heavy atom. The summed E-state index contributed by atoms with van der Waals surface area (Å²) in [6.07, 6.45) is 117. The van der Waals surface area contributed by atoms with Crippen molar-refractivity contribution in [3.63, 3.8) is 0 Å². The largest absolute Gasteiger partial charge is 0.0654 e. The first-order valence-corrected chi connectivity index (χ1v) is 42.0. The predicted octanol–water partition coefficient (Wildman–Crippen LogP) is 32.7. The molecule has 0 aliphatic carbocycles. The third kappa shape index (κ3) is 74.0. The van der Waals surface area contributed by atoms with E-state index in [9.17, 15) is 0 Å². The molecule has 0 bridgehead atoms. The van der Waals surface area contributed by atoms with Gasteiger partial charge in [-0.1, -0.05) is 532 Å². The van der Waals surface area contributed by atoms with E-state index < -0.39 is 0 Å². The van der Waals surface area contributed by atoms with Crippen LogP contribution in [0.1, 0.15) is 513 Å². The molecule has 0 aromatic heterocycles. The summed E-state index contributed by atoms with van der Waals surface area (Å²) in [4.78, 5) is 0. The summed E-state index contributed by atoms with van der Waals surface area (Å²) < 4.78 is 0. The highest BCUT2D eigenvalue weighted by molar-refractivity contribution is 5.14. The standard InChI is InChI=1S/C86H166/c1-2-3-4-5-6-7-8-9-10-11-12-13-14-15-16-17-18-19-20-21-22-23-24-25-26-27-28-29-30-31-32-33-34-35-36-37-38-39-40-41-42-43-44-45-46-47-48-49-50-51-52-53-54-55-56-57-58-59-60-61-62-63-64-65-66-67-68-69-70-71-72-73-74-75-76-77-78-80-83-86-84-81-79-82-85-86/h79,81-82,84-85H,2-78,80,83H2,1H3. The van der Waals surface area contributed by atoms with Gasteiger partial charge >= 0.3 is 0 Å². The molecule has 86 heavy (non-hydrogen) atoms. The Hall–Kier alpha value is -0.780. The van der Waals surface area contributed by atoms with Crippen LogP contribution in [0, 0.1) is 0 Å². The van der Waals surface area contributed by atoms with Crippen molar-refractivity contribution in [3.8, 4) is 0 Å². The van der Waals surface area contributed by atoms with Gasteiger partial charge in [0.15, 0.2) is 0 Å². The third-order valence-corrected chi connectivity index (χ3v) is 20.7. The van der Waals surface area contributed by atoms with Crippen molar-refractivity contribution in [2.24, 2.45) is 0 Å². The lowest BCUT2D eigenvalue weighted by Crippen LogP contribution is -1.86. The maximum Gasteiger partial charge on any atom is -0.0279 e.